The van der Waals surface area contributed by atoms with E-state index in [-0.39, 0.29) is 0 Å². The summed E-state index contributed by atoms with van der Waals surface area (Å²) in [6, 6.07) is 7.63. The standard InChI is InChI=1S/C18H26N4O2S/c1-13-17(25-14(2)22-13)12-21-18(19-3)20-9-6-10-24-16-8-5-7-15(11-16)23-4/h5,7-8,11H,6,9-10,12H2,1-4H3,(H2,19,20,21). The molecule has 0 saturated heterocycles. The molecule has 0 atom stereocenters. The first kappa shape index (κ1) is 19.1. The number of rotatable bonds is 8. The van der Waals surface area contributed by atoms with Gasteiger partial charge in [-0.25, -0.2) is 4.98 Å². The molecular weight excluding hydrogens is 336 g/mol. The van der Waals surface area contributed by atoms with Crippen molar-refractivity contribution in [2.24, 2.45) is 4.99 Å². The van der Waals surface area contributed by atoms with Gasteiger partial charge in [0.05, 0.1) is 31.0 Å². The molecule has 1 heterocycles. The highest BCUT2D eigenvalue weighted by Crippen LogP contribution is 2.19. The van der Waals surface area contributed by atoms with Crippen LogP contribution >= 0.6 is 11.3 Å². The van der Waals surface area contributed by atoms with Gasteiger partial charge in [0.15, 0.2) is 5.96 Å². The van der Waals surface area contributed by atoms with E-state index in [0.717, 1.165) is 47.7 Å². The van der Waals surface area contributed by atoms with Crippen molar-refractivity contribution in [1.82, 2.24) is 15.6 Å². The van der Waals surface area contributed by atoms with Crippen LogP contribution in [0.4, 0.5) is 0 Å². The minimum absolute atomic E-state index is 0.629. The summed E-state index contributed by atoms with van der Waals surface area (Å²) in [4.78, 5) is 9.91. The summed E-state index contributed by atoms with van der Waals surface area (Å²) < 4.78 is 10.9. The van der Waals surface area contributed by atoms with Crippen LogP contribution in [0.2, 0.25) is 0 Å². The largest absolute Gasteiger partial charge is 0.497 e. The number of guanidine groups is 1. The molecule has 0 aliphatic heterocycles. The summed E-state index contributed by atoms with van der Waals surface area (Å²) in [5, 5.41) is 7.70. The number of ether oxygens (including phenoxy) is 2. The zero-order valence-electron chi connectivity index (χ0n) is 15.3. The van der Waals surface area contributed by atoms with Crippen molar-refractivity contribution in [3.63, 3.8) is 0 Å². The second kappa shape index (κ2) is 9.88. The SMILES string of the molecule is CN=C(NCCCOc1cccc(OC)c1)NCc1sc(C)nc1C. The third-order valence-corrected chi connectivity index (χ3v) is 4.64. The second-order valence-electron chi connectivity index (χ2n) is 5.48. The molecule has 0 aliphatic carbocycles. The van der Waals surface area contributed by atoms with Gasteiger partial charge >= 0.3 is 0 Å². The molecule has 25 heavy (non-hydrogen) atoms. The van der Waals surface area contributed by atoms with Gasteiger partial charge in [-0.3, -0.25) is 4.99 Å². The van der Waals surface area contributed by atoms with Crippen molar-refractivity contribution < 1.29 is 9.47 Å². The number of nitrogens with one attached hydrogen (secondary N) is 2. The van der Waals surface area contributed by atoms with Crippen LogP contribution in [0, 0.1) is 13.8 Å². The number of hydrogen-bond donors (Lipinski definition) is 2. The predicted octanol–water partition coefficient (Wildman–Crippen LogP) is 2.90. The quantitative estimate of drug-likeness (QED) is 0.429. The first-order valence-corrected chi connectivity index (χ1v) is 9.08. The van der Waals surface area contributed by atoms with Crippen LogP contribution in [0.25, 0.3) is 0 Å². The molecule has 136 valence electrons. The second-order valence-corrected chi connectivity index (χ2v) is 6.76. The summed E-state index contributed by atoms with van der Waals surface area (Å²) in [6.07, 6.45) is 0.872. The maximum absolute atomic E-state index is 5.72. The molecule has 0 radical (unpaired) electrons. The van der Waals surface area contributed by atoms with E-state index in [1.54, 1.807) is 25.5 Å². The van der Waals surface area contributed by atoms with Gasteiger partial charge in [0, 0.05) is 24.5 Å². The minimum atomic E-state index is 0.629. The summed E-state index contributed by atoms with van der Waals surface area (Å²) in [5.74, 6) is 2.40. The minimum Gasteiger partial charge on any atom is -0.497 e. The molecule has 0 aliphatic rings. The number of aliphatic imine (C=N–C) groups is 1. The lowest BCUT2D eigenvalue weighted by Crippen LogP contribution is -2.37. The number of benzene rings is 1. The Hall–Kier alpha value is -2.28. The molecule has 2 aromatic rings. The lowest BCUT2D eigenvalue weighted by molar-refractivity contribution is 0.308. The first-order chi connectivity index (χ1) is 12.1. The van der Waals surface area contributed by atoms with Gasteiger partial charge in [-0.15, -0.1) is 11.3 Å². The van der Waals surface area contributed by atoms with Crippen molar-refractivity contribution in [1.29, 1.82) is 0 Å². The summed E-state index contributed by atoms with van der Waals surface area (Å²) >= 11 is 1.71. The topological polar surface area (TPSA) is 67.8 Å². The van der Waals surface area contributed by atoms with Crippen LogP contribution in [-0.4, -0.2) is 38.3 Å². The molecule has 0 spiro atoms. The number of methoxy groups -OCH3 is 1. The Bertz CT molecular complexity index is 700. The van der Waals surface area contributed by atoms with Crippen molar-refractivity contribution in [2.75, 3.05) is 27.3 Å². The Morgan fingerprint density at radius 1 is 1.24 bits per heavy atom. The Balaban J connectivity index is 1.66. The van der Waals surface area contributed by atoms with Gasteiger partial charge in [-0.05, 0) is 32.4 Å². The maximum atomic E-state index is 5.72. The molecule has 2 N–H and O–H groups in total. The molecule has 7 heteroatoms. The first-order valence-electron chi connectivity index (χ1n) is 8.26. The van der Waals surface area contributed by atoms with E-state index < -0.39 is 0 Å². The van der Waals surface area contributed by atoms with E-state index >= 15 is 0 Å². The molecule has 6 nitrogen and oxygen atoms in total. The number of hydrogen-bond acceptors (Lipinski definition) is 5. The Labute approximate surface area is 153 Å². The van der Waals surface area contributed by atoms with Crippen LogP contribution in [0.1, 0.15) is 22.0 Å². The van der Waals surface area contributed by atoms with E-state index in [9.17, 15) is 0 Å². The van der Waals surface area contributed by atoms with Crippen LogP contribution in [0.3, 0.4) is 0 Å². The Kier molecular flexibility index (Phi) is 7.53. The van der Waals surface area contributed by atoms with Gasteiger partial charge in [0.2, 0.25) is 0 Å². The fraction of sp³-hybridized carbons (Fsp3) is 0.444. The number of thiazole rings is 1. The van der Waals surface area contributed by atoms with E-state index in [2.05, 4.69) is 20.6 Å². The Morgan fingerprint density at radius 3 is 2.72 bits per heavy atom. The molecule has 0 saturated carbocycles. The maximum Gasteiger partial charge on any atom is 0.191 e. The van der Waals surface area contributed by atoms with Gasteiger partial charge in [-0.1, -0.05) is 6.07 Å². The highest BCUT2D eigenvalue weighted by Gasteiger charge is 2.05. The molecule has 0 unspecified atom stereocenters. The monoisotopic (exact) mass is 362 g/mol. The van der Waals surface area contributed by atoms with Crippen LogP contribution in [-0.2, 0) is 6.54 Å². The molecular formula is C18H26N4O2S. The lowest BCUT2D eigenvalue weighted by Gasteiger charge is -2.12. The van der Waals surface area contributed by atoms with Crippen LogP contribution in [0.15, 0.2) is 29.3 Å². The van der Waals surface area contributed by atoms with E-state index in [4.69, 9.17) is 9.47 Å². The fourth-order valence-corrected chi connectivity index (χ4v) is 3.16. The fourth-order valence-electron chi connectivity index (χ4n) is 2.28. The third kappa shape index (κ3) is 6.26. The average molecular weight is 362 g/mol. The van der Waals surface area contributed by atoms with Gasteiger partial charge < -0.3 is 20.1 Å². The van der Waals surface area contributed by atoms with Gasteiger partial charge in [-0.2, -0.15) is 0 Å². The zero-order valence-corrected chi connectivity index (χ0v) is 16.1. The van der Waals surface area contributed by atoms with Gasteiger partial charge in [0.1, 0.15) is 11.5 Å². The number of aryl methyl sites for hydroxylation is 2. The predicted molar refractivity (Wildman–Crippen MR) is 103 cm³/mol. The molecule has 1 aromatic carbocycles. The molecule has 1 aromatic heterocycles. The normalized spacial score (nSPS) is 11.3. The highest BCUT2D eigenvalue weighted by molar-refractivity contribution is 7.11. The van der Waals surface area contributed by atoms with Crippen molar-refractivity contribution >= 4 is 17.3 Å². The summed E-state index contributed by atoms with van der Waals surface area (Å²) in [6.45, 7) is 6.20. The Morgan fingerprint density at radius 2 is 2.04 bits per heavy atom. The molecule has 0 bridgehead atoms. The molecule has 2 rings (SSSR count). The summed E-state index contributed by atoms with van der Waals surface area (Å²) in [5.41, 5.74) is 1.08. The highest BCUT2D eigenvalue weighted by atomic mass is 32.1. The number of aromatic nitrogens is 1. The van der Waals surface area contributed by atoms with Crippen LogP contribution in [0.5, 0.6) is 11.5 Å². The number of nitrogens with zero attached hydrogens (tertiary/aromatic N) is 2. The van der Waals surface area contributed by atoms with Crippen molar-refractivity contribution in [2.45, 2.75) is 26.8 Å². The third-order valence-electron chi connectivity index (χ3n) is 3.56. The van der Waals surface area contributed by atoms with Crippen LogP contribution < -0.4 is 20.1 Å². The molecule has 0 amide bonds. The van der Waals surface area contributed by atoms with Crippen molar-refractivity contribution in [3.05, 3.63) is 39.8 Å². The van der Waals surface area contributed by atoms with E-state index in [0.29, 0.717) is 6.61 Å². The van der Waals surface area contributed by atoms with E-state index in [1.807, 2.05) is 38.1 Å². The van der Waals surface area contributed by atoms with Crippen molar-refractivity contribution in [3.8, 4) is 11.5 Å². The smallest absolute Gasteiger partial charge is 0.191 e. The molecule has 0 fully saturated rings. The summed E-state index contributed by atoms with van der Waals surface area (Å²) in [7, 11) is 3.42. The zero-order chi connectivity index (χ0) is 18.1. The average Bonchev–Trinajstić information content (AvgIpc) is 2.95. The van der Waals surface area contributed by atoms with E-state index in [1.165, 1.54) is 4.88 Å². The van der Waals surface area contributed by atoms with Gasteiger partial charge in [0.25, 0.3) is 0 Å². The lowest BCUT2D eigenvalue weighted by atomic mass is 10.3.